The predicted octanol–water partition coefficient (Wildman–Crippen LogP) is 9.50. The summed E-state index contributed by atoms with van der Waals surface area (Å²) in [6, 6.07) is 39.2. The van der Waals surface area contributed by atoms with Crippen molar-refractivity contribution in [2.45, 2.75) is 26.7 Å². The van der Waals surface area contributed by atoms with Gasteiger partial charge in [0.15, 0.2) is 11.6 Å². The van der Waals surface area contributed by atoms with E-state index < -0.39 is 0 Å². The summed E-state index contributed by atoms with van der Waals surface area (Å²) in [6.07, 6.45) is 0.282. The highest BCUT2D eigenvalue weighted by Gasteiger charge is 2.17. The normalized spacial score (nSPS) is 10.7. The number of ether oxygens (including phenoxy) is 5. The van der Waals surface area contributed by atoms with Crippen LogP contribution in [0.1, 0.15) is 56.8 Å². The van der Waals surface area contributed by atoms with E-state index >= 15 is 0 Å². The second kappa shape index (κ2) is 18.6. The van der Waals surface area contributed by atoms with Gasteiger partial charge in [0.05, 0.1) is 40.3 Å². The van der Waals surface area contributed by atoms with E-state index in [0.29, 0.717) is 58.5 Å². The lowest BCUT2D eigenvalue weighted by molar-refractivity contribution is -0.143. The Bertz CT molecular complexity index is 2230. The molecular formula is C48H42O9. The van der Waals surface area contributed by atoms with Crippen molar-refractivity contribution in [2.75, 3.05) is 27.4 Å². The number of rotatable bonds is 16. The number of ketones is 2. The first kappa shape index (κ1) is 39.7. The standard InChI is InChI=1S/C48H42O9/c1-5-55-45(49)27-31-9-7-11-35(25-31)41-29-37(17-23-43(41)53-3)47(51)33-13-19-39(20-14-33)57-40-21-15-34(16-22-40)48(52)38-18-24-44(54-4)42(30-38)36-12-8-10-32(26-36)28-46(50)56-6-2/h7-26,29-30H,5-6,27-28H2,1-4H3. The average Bonchev–Trinajstić information content (AvgIpc) is 3.23. The topological polar surface area (TPSA) is 114 Å². The summed E-state index contributed by atoms with van der Waals surface area (Å²) in [4.78, 5) is 51.4. The first-order valence-electron chi connectivity index (χ1n) is 18.5. The number of carbonyl (C=O) groups excluding carboxylic acids is 4. The summed E-state index contributed by atoms with van der Waals surface area (Å²) < 4.78 is 27.5. The van der Waals surface area contributed by atoms with Crippen LogP contribution in [0.2, 0.25) is 0 Å². The zero-order chi connectivity index (χ0) is 40.3. The van der Waals surface area contributed by atoms with Crippen molar-refractivity contribution in [3.8, 4) is 45.3 Å². The summed E-state index contributed by atoms with van der Waals surface area (Å²) >= 11 is 0. The molecule has 0 fully saturated rings. The summed E-state index contributed by atoms with van der Waals surface area (Å²) in [5.41, 5.74) is 6.54. The molecule has 0 unspecified atom stereocenters. The molecule has 0 heterocycles. The summed E-state index contributed by atoms with van der Waals surface area (Å²) in [5, 5.41) is 0. The average molecular weight is 763 g/mol. The van der Waals surface area contributed by atoms with Crippen LogP contribution in [0, 0.1) is 0 Å². The molecule has 57 heavy (non-hydrogen) atoms. The third-order valence-electron chi connectivity index (χ3n) is 9.18. The maximum atomic E-state index is 13.6. The van der Waals surface area contributed by atoms with Gasteiger partial charge in [0.1, 0.15) is 23.0 Å². The lowest BCUT2D eigenvalue weighted by Crippen LogP contribution is -2.07. The Kier molecular flexibility index (Phi) is 12.9. The molecule has 6 rings (SSSR count). The first-order chi connectivity index (χ1) is 27.7. The van der Waals surface area contributed by atoms with E-state index in [4.69, 9.17) is 23.7 Å². The molecule has 0 aliphatic heterocycles. The molecule has 0 saturated heterocycles. The summed E-state index contributed by atoms with van der Waals surface area (Å²) in [5.74, 6) is 1.26. The van der Waals surface area contributed by atoms with Crippen LogP contribution in [0.3, 0.4) is 0 Å². The SMILES string of the molecule is CCOC(=O)Cc1cccc(-c2cc(C(=O)c3ccc(Oc4ccc(C(=O)c5ccc(OC)c(-c6cccc(CC(=O)OCC)c6)c5)cc4)cc3)ccc2OC)c1. The van der Waals surface area contributed by atoms with Crippen LogP contribution < -0.4 is 14.2 Å². The van der Waals surface area contributed by atoms with Crippen molar-refractivity contribution < 1.29 is 42.9 Å². The van der Waals surface area contributed by atoms with Crippen LogP contribution in [0.4, 0.5) is 0 Å². The second-order valence-corrected chi connectivity index (χ2v) is 13.0. The van der Waals surface area contributed by atoms with Crippen molar-refractivity contribution in [1.82, 2.24) is 0 Å². The van der Waals surface area contributed by atoms with Gasteiger partial charge < -0.3 is 23.7 Å². The van der Waals surface area contributed by atoms with E-state index in [2.05, 4.69) is 0 Å². The van der Waals surface area contributed by atoms with Crippen molar-refractivity contribution in [3.63, 3.8) is 0 Å². The molecule has 0 aliphatic rings. The van der Waals surface area contributed by atoms with Gasteiger partial charge in [-0.15, -0.1) is 0 Å². The van der Waals surface area contributed by atoms with E-state index in [0.717, 1.165) is 33.4 Å². The molecule has 0 aromatic heterocycles. The summed E-state index contributed by atoms with van der Waals surface area (Å²) in [7, 11) is 3.14. The van der Waals surface area contributed by atoms with E-state index in [1.54, 1.807) is 113 Å². The Balaban J connectivity index is 1.13. The van der Waals surface area contributed by atoms with E-state index in [-0.39, 0.29) is 36.3 Å². The number of methoxy groups -OCH3 is 2. The van der Waals surface area contributed by atoms with Gasteiger partial charge in [-0.3, -0.25) is 19.2 Å². The number of hydrogen-bond donors (Lipinski definition) is 0. The number of esters is 2. The Hall–Kier alpha value is -7.00. The van der Waals surface area contributed by atoms with Gasteiger partial charge in [0.2, 0.25) is 0 Å². The van der Waals surface area contributed by atoms with Gasteiger partial charge in [-0.25, -0.2) is 0 Å². The predicted molar refractivity (Wildman–Crippen MR) is 217 cm³/mol. The fraction of sp³-hybridized carbons (Fsp3) is 0.167. The molecule has 0 saturated carbocycles. The fourth-order valence-electron chi connectivity index (χ4n) is 6.42. The van der Waals surface area contributed by atoms with Crippen LogP contribution >= 0.6 is 0 Å². The van der Waals surface area contributed by atoms with Crippen LogP contribution in [-0.2, 0) is 31.9 Å². The van der Waals surface area contributed by atoms with E-state index in [9.17, 15) is 19.2 Å². The number of hydrogen-bond acceptors (Lipinski definition) is 9. The first-order valence-corrected chi connectivity index (χ1v) is 18.5. The lowest BCUT2D eigenvalue weighted by atomic mass is 9.96. The highest BCUT2D eigenvalue weighted by molar-refractivity contribution is 6.10. The highest BCUT2D eigenvalue weighted by atomic mass is 16.5. The van der Waals surface area contributed by atoms with E-state index in [1.807, 2.05) is 48.5 Å². The summed E-state index contributed by atoms with van der Waals surface area (Å²) in [6.45, 7) is 4.17. The van der Waals surface area contributed by atoms with Crippen LogP contribution in [0.15, 0.2) is 133 Å². The third-order valence-corrected chi connectivity index (χ3v) is 9.18. The maximum absolute atomic E-state index is 13.6. The Labute approximate surface area is 331 Å². The van der Waals surface area contributed by atoms with Crippen molar-refractivity contribution >= 4 is 23.5 Å². The number of carbonyl (C=O) groups is 4. The molecule has 9 heteroatoms. The zero-order valence-electron chi connectivity index (χ0n) is 32.2. The smallest absolute Gasteiger partial charge is 0.310 e. The Morgan fingerprint density at radius 3 is 1.21 bits per heavy atom. The minimum absolute atomic E-state index is 0.141. The third kappa shape index (κ3) is 9.82. The number of benzene rings is 6. The largest absolute Gasteiger partial charge is 0.496 e. The van der Waals surface area contributed by atoms with Crippen molar-refractivity contribution in [3.05, 3.63) is 167 Å². The molecule has 0 N–H and O–H groups in total. The van der Waals surface area contributed by atoms with E-state index in [1.165, 1.54) is 0 Å². The van der Waals surface area contributed by atoms with Gasteiger partial charge in [-0.2, -0.15) is 0 Å². The zero-order valence-corrected chi connectivity index (χ0v) is 32.2. The van der Waals surface area contributed by atoms with Gasteiger partial charge in [-0.1, -0.05) is 48.5 Å². The molecule has 0 radical (unpaired) electrons. The van der Waals surface area contributed by atoms with Crippen molar-refractivity contribution in [1.29, 1.82) is 0 Å². The highest BCUT2D eigenvalue weighted by Crippen LogP contribution is 2.34. The minimum atomic E-state index is -0.307. The van der Waals surface area contributed by atoms with Gasteiger partial charge in [-0.05, 0) is 121 Å². The quantitative estimate of drug-likeness (QED) is 0.0703. The lowest BCUT2D eigenvalue weighted by Gasteiger charge is -2.13. The van der Waals surface area contributed by atoms with Crippen LogP contribution in [0.25, 0.3) is 22.3 Å². The Morgan fingerprint density at radius 2 is 0.842 bits per heavy atom. The fourth-order valence-corrected chi connectivity index (χ4v) is 6.42. The molecule has 0 spiro atoms. The van der Waals surface area contributed by atoms with Gasteiger partial charge in [0, 0.05) is 33.4 Å². The second-order valence-electron chi connectivity index (χ2n) is 13.0. The Morgan fingerprint density at radius 1 is 0.456 bits per heavy atom. The monoisotopic (exact) mass is 762 g/mol. The molecule has 0 amide bonds. The molecule has 6 aromatic rings. The van der Waals surface area contributed by atoms with Gasteiger partial charge in [0.25, 0.3) is 0 Å². The molecular weight excluding hydrogens is 721 g/mol. The van der Waals surface area contributed by atoms with Crippen LogP contribution in [0.5, 0.6) is 23.0 Å². The maximum Gasteiger partial charge on any atom is 0.310 e. The van der Waals surface area contributed by atoms with Crippen LogP contribution in [-0.4, -0.2) is 50.9 Å². The van der Waals surface area contributed by atoms with Crippen molar-refractivity contribution in [2.24, 2.45) is 0 Å². The molecule has 6 aromatic carbocycles. The minimum Gasteiger partial charge on any atom is -0.496 e. The molecule has 9 nitrogen and oxygen atoms in total. The molecule has 0 bridgehead atoms. The van der Waals surface area contributed by atoms with Gasteiger partial charge >= 0.3 is 11.9 Å². The molecule has 0 atom stereocenters. The molecule has 0 aliphatic carbocycles. The molecule has 288 valence electrons.